The van der Waals surface area contributed by atoms with Gasteiger partial charge in [0, 0.05) is 19.9 Å². The minimum absolute atomic E-state index is 0.0146. The first kappa shape index (κ1) is 27.4. The van der Waals surface area contributed by atoms with Crippen LogP contribution in [0.1, 0.15) is 51.4 Å². The Morgan fingerprint density at radius 2 is 1.89 bits per heavy atom. The van der Waals surface area contributed by atoms with Gasteiger partial charge in [0.15, 0.2) is 0 Å². The molecule has 36 heavy (non-hydrogen) atoms. The molecule has 0 bridgehead atoms. The Bertz CT molecular complexity index is 1110. The van der Waals surface area contributed by atoms with Crippen LogP contribution in [0.4, 0.5) is 0 Å². The average molecular weight is 516 g/mol. The molecule has 11 heteroatoms. The van der Waals surface area contributed by atoms with Crippen molar-refractivity contribution in [1.29, 1.82) is 0 Å². The van der Waals surface area contributed by atoms with Gasteiger partial charge in [0.2, 0.25) is 17.7 Å². The summed E-state index contributed by atoms with van der Waals surface area (Å²) in [5.41, 5.74) is 3.77. The minimum atomic E-state index is -0.952. The highest BCUT2D eigenvalue weighted by molar-refractivity contribution is 7.13. The third kappa shape index (κ3) is 6.14. The van der Waals surface area contributed by atoms with E-state index in [0.29, 0.717) is 5.56 Å². The number of aliphatic hydroxyl groups is 1. The largest absolute Gasteiger partial charge is 0.394 e. The molecule has 4 atom stereocenters. The highest BCUT2D eigenvalue weighted by atomic mass is 32.1. The van der Waals surface area contributed by atoms with Crippen molar-refractivity contribution >= 4 is 29.1 Å². The van der Waals surface area contributed by atoms with Gasteiger partial charge < -0.3 is 20.6 Å². The van der Waals surface area contributed by atoms with Crippen LogP contribution < -0.4 is 10.6 Å². The van der Waals surface area contributed by atoms with E-state index in [2.05, 4.69) is 20.8 Å². The predicted molar refractivity (Wildman–Crippen MR) is 137 cm³/mol. The second-order valence-electron chi connectivity index (χ2n) is 10.1. The zero-order valence-corrected chi connectivity index (χ0v) is 22.0. The van der Waals surface area contributed by atoms with Crippen LogP contribution in [-0.2, 0) is 14.4 Å². The molecule has 10 nitrogen and oxygen atoms in total. The number of likely N-dealkylation sites (tertiary alicyclic amines) is 1. The summed E-state index contributed by atoms with van der Waals surface area (Å²) in [7, 11) is 0. The van der Waals surface area contributed by atoms with E-state index in [4.69, 9.17) is 0 Å². The van der Waals surface area contributed by atoms with Crippen molar-refractivity contribution in [3.8, 4) is 10.4 Å². The molecule has 3 amide bonds. The molecule has 1 saturated heterocycles. The van der Waals surface area contributed by atoms with Gasteiger partial charge in [0.1, 0.15) is 18.1 Å². The summed E-state index contributed by atoms with van der Waals surface area (Å²) in [5, 5.41) is 18.6. The number of aryl methyl sites for hydroxylation is 1. The number of hydrogen-bond donors (Lipinski definition) is 3. The molecule has 3 N–H and O–H groups in total. The fourth-order valence-corrected chi connectivity index (χ4v) is 5.16. The summed E-state index contributed by atoms with van der Waals surface area (Å²) in [4.78, 5) is 56.4. The van der Waals surface area contributed by atoms with Crippen molar-refractivity contribution in [3.63, 3.8) is 0 Å². The molecule has 1 aromatic carbocycles. The summed E-state index contributed by atoms with van der Waals surface area (Å²) in [6.07, 6.45) is 0.0692. The summed E-state index contributed by atoms with van der Waals surface area (Å²) in [6, 6.07) is 4.19. The standard InChI is InChI=1S/C25H33N5O5S/c1-14-21(36-13-26-14)17-8-6-16(7-9-17)19(12-31)28-23(33)20-10-18(29-35)11-30(20)24(34)22(25(3,4)5)27-15(2)32/h6-9,13,18-20,22,31H,10-12H2,1-5H3,(H,27,32)(H,28,33). The highest BCUT2D eigenvalue weighted by Gasteiger charge is 2.45. The molecule has 1 aliphatic rings. The number of hydrogen-bond acceptors (Lipinski definition) is 8. The fraction of sp³-hybridized carbons (Fsp3) is 0.520. The second-order valence-corrected chi connectivity index (χ2v) is 11.0. The maximum Gasteiger partial charge on any atom is 0.246 e. The predicted octanol–water partition coefficient (Wildman–Crippen LogP) is 2.55. The van der Waals surface area contributed by atoms with Gasteiger partial charge in [-0.2, -0.15) is 4.91 Å². The van der Waals surface area contributed by atoms with Crippen LogP contribution in [0.3, 0.4) is 0 Å². The first-order valence-corrected chi connectivity index (χ1v) is 12.7. The first-order chi connectivity index (χ1) is 17.0. The Kier molecular flexibility index (Phi) is 8.57. The second kappa shape index (κ2) is 11.3. The first-order valence-electron chi connectivity index (χ1n) is 11.8. The van der Waals surface area contributed by atoms with E-state index in [9.17, 15) is 24.4 Å². The molecule has 2 aromatic rings. The number of aromatic nitrogens is 1. The van der Waals surface area contributed by atoms with Gasteiger partial charge in [-0.3, -0.25) is 14.4 Å². The van der Waals surface area contributed by atoms with E-state index in [1.165, 1.54) is 23.2 Å². The van der Waals surface area contributed by atoms with Crippen LogP contribution in [0.25, 0.3) is 10.4 Å². The molecule has 194 valence electrons. The van der Waals surface area contributed by atoms with Crippen molar-refractivity contribution in [2.45, 2.75) is 65.2 Å². The van der Waals surface area contributed by atoms with Crippen molar-refractivity contribution in [2.24, 2.45) is 10.6 Å². The Balaban J connectivity index is 1.79. The highest BCUT2D eigenvalue weighted by Crippen LogP contribution is 2.30. The zero-order valence-electron chi connectivity index (χ0n) is 21.1. The molecule has 0 saturated carbocycles. The molecule has 3 rings (SSSR count). The third-order valence-corrected chi connectivity index (χ3v) is 7.27. The molecule has 4 unspecified atom stereocenters. The van der Waals surface area contributed by atoms with Crippen LogP contribution in [-0.4, -0.2) is 64.0 Å². The lowest BCUT2D eigenvalue weighted by molar-refractivity contribution is -0.143. The third-order valence-electron chi connectivity index (χ3n) is 6.29. The molecular formula is C25H33N5O5S. The van der Waals surface area contributed by atoms with Crippen molar-refractivity contribution in [3.05, 3.63) is 45.9 Å². The van der Waals surface area contributed by atoms with E-state index in [1.807, 2.05) is 52.0 Å². The molecular weight excluding hydrogens is 482 g/mol. The van der Waals surface area contributed by atoms with Gasteiger partial charge in [-0.15, -0.1) is 11.3 Å². The number of thiazole rings is 1. The smallest absolute Gasteiger partial charge is 0.246 e. The topological polar surface area (TPSA) is 141 Å². The Morgan fingerprint density at radius 1 is 1.22 bits per heavy atom. The number of carbonyl (C=O) groups is 3. The van der Waals surface area contributed by atoms with Crippen LogP contribution in [0, 0.1) is 17.2 Å². The van der Waals surface area contributed by atoms with Gasteiger partial charge in [0.05, 0.1) is 28.7 Å². The summed E-state index contributed by atoms with van der Waals surface area (Å²) < 4.78 is 0. The van der Waals surface area contributed by atoms with E-state index in [-0.39, 0.29) is 25.5 Å². The summed E-state index contributed by atoms with van der Waals surface area (Å²) >= 11 is 1.53. The van der Waals surface area contributed by atoms with Crippen molar-refractivity contribution < 1.29 is 19.5 Å². The van der Waals surface area contributed by atoms with Gasteiger partial charge in [0.25, 0.3) is 0 Å². The lowest BCUT2D eigenvalue weighted by Crippen LogP contribution is -2.57. The number of nitroso groups, excluding NO2 is 1. The van der Waals surface area contributed by atoms with Gasteiger partial charge >= 0.3 is 0 Å². The molecule has 1 aliphatic heterocycles. The van der Waals surface area contributed by atoms with E-state index >= 15 is 0 Å². The van der Waals surface area contributed by atoms with Crippen molar-refractivity contribution in [2.75, 3.05) is 13.2 Å². The number of amides is 3. The normalized spacial score (nSPS) is 19.4. The Morgan fingerprint density at radius 3 is 2.39 bits per heavy atom. The van der Waals surface area contributed by atoms with E-state index in [1.54, 1.807) is 5.51 Å². The fourth-order valence-electron chi connectivity index (χ4n) is 4.35. The number of rotatable bonds is 8. The van der Waals surface area contributed by atoms with Gasteiger partial charge in [-0.1, -0.05) is 50.2 Å². The average Bonchev–Trinajstić information content (AvgIpc) is 3.46. The number of aliphatic hydroxyl groups excluding tert-OH is 1. The molecule has 1 aromatic heterocycles. The van der Waals surface area contributed by atoms with E-state index in [0.717, 1.165) is 16.1 Å². The van der Waals surface area contributed by atoms with E-state index < -0.39 is 41.4 Å². The maximum atomic E-state index is 13.4. The molecule has 0 aliphatic carbocycles. The van der Waals surface area contributed by atoms with Crippen LogP contribution in [0.2, 0.25) is 0 Å². The molecule has 0 spiro atoms. The van der Waals surface area contributed by atoms with Crippen LogP contribution in [0.5, 0.6) is 0 Å². The van der Waals surface area contributed by atoms with Gasteiger partial charge in [-0.05, 0) is 23.5 Å². The quantitative estimate of drug-likeness (QED) is 0.462. The monoisotopic (exact) mass is 515 g/mol. The number of nitrogens with one attached hydrogen (secondary N) is 2. The summed E-state index contributed by atoms with van der Waals surface area (Å²) in [6.45, 7) is 8.32. The van der Waals surface area contributed by atoms with Crippen molar-refractivity contribution in [1.82, 2.24) is 20.5 Å². The van der Waals surface area contributed by atoms with Crippen LogP contribution in [0.15, 0.2) is 35.0 Å². The Labute approximate surface area is 214 Å². The van der Waals surface area contributed by atoms with Crippen LogP contribution >= 0.6 is 11.3 Å². The number of nitrogens with zero attached hydrogens (tertiary/aromatic N) is 3. The molecule has 0 radical (unpaired) electrons. The number of carbonyl (C=O) groups excluding carboxylic acids is 3. The molecule has 1 fully saturated rings. The lowest BCUT2D eigenvalue weighted by atomic mass is 9.85. The summed E-state index contributed by atoms with van der Waals surface area (Å²) in [5.74, 6) is -1.31. The number of benzene rings is 1. The van der Waals surface area contributed by atoms with Gasteiger partial charge in [-0.25, -0.2) is 4.98 Å². The maximum absolute atomic E-state index is 13.4. The lowest BCUT2D eigenvalue weighted by Gasteiger charge is -2.35. The Hall–Kier alpha value is -3.18. The SMILES string of the molecule is CC(=O)NC(C(=O)N1CC(N=O)CC1C(=O)NC(CO)c1ccc(-c2scnc2C)cc1)C(C)(C)C. The molecule has 2 heterocycles. The minimum Gasteiger partial charge on any atom is -0.394 e. The zero-order chi connectivity index (χ0) is 26.6.